The number of amides is 1. The fraction of sp³-hybridized carbons (Fsp3) is 0.200. The van der Waals surface area contributed by atoms with Crippen LogP contribution in [0.25, 0.3) is 10.2 Å². The summed E-state index contributed by atoms with van der Waals surface area (Å²) in [4.78, 5) is 19.7. The van der Waals surface area contributed by atoms with Gasteiger partial charge in [-0.15, -0.1) is 0 Å². The van der Waals surface area contributed by atoms with Crippen molar-refractivity contribution in [3.8, 4) is 17.2 Å². The van der Waals surface area contributed by atoms with Crippen molar-refractivity contribution in [2.45, 2.75) is 13.5 Å². The summed E-state index contributed by atoms with van der Waals surface area (Å²) < 4.78 is 17.6. The maximum atomic E-state index is 13.2. The molecule has 0 N–H and O–H groups in total. The van der Waals surface area contributed by atoms with Gasteiger partial charge in [0.1, 0.15) is 22.8 Å². The van der Waals surface area contributed by atoms with E-state index in [1.807, 2.05) is 55.5 Å². The average Bonchev–Trinajstić information content (AvgIpc) is 3.27. The Morgan fingerprint density at radius 1 is 0.938 bits per heavy atom. The maximum absolute atomic E-state index is 13.2. The molecule has 0 radical (unpaired) electrons. The van der Waals surface area contributed by atoms with Crippen LogP contribution in [0.2, 0.25) is 0 Å². The first-order chi connectivity index (χ1) is 15.7. The Morgan fingerprint density at radius 3 is 2.41 bits per heavy atom. The number of ether oxygens (including phenoxy) is 3. The van der Waals surface area contributed by atoms with Crippen molar-refractivity contribution in [1.82, 2.24) is 4.98 Å². The van der Waals surface area contributed by atoms with E-state index in [0.717, 1.165) is 21.5 Å². The Kier molecular flexibility index (Phi) is 6.87. The van der Waals surface area contributed by atoms with Gasteiger partial charge in [-0.1, -0.05) is 47.7 Å². The van der Waals surface area contributed by atoms with Crippen LogP contribution in [-0.4, -0.2) is 31.2 Å². The molecule has 7 heteroatoms. The van der Waals surface area contributed by atoms with Crippen molar-refractivity contribution in [2.24, 2.45) is 0 Å². The van der Waals surface area contributed by atoms with E-state index in [-0.39, 0.29) is 12.5 Å². The number of anilines is 1. The van der Waals surface area contributed by atoms with E-state index in [1.165, 1.54) is 11.3 Å². The van der Waals surface area contributed by atoms with E-state index < -0.39 is 0 Å². The first-order valence-corrected chi connectivity index (χ1v) is 11.1. The number of hydrogen-bond acceptors (Lipinski definition) is 6. The number of benzene rings is 3. The molecule has 0 aliphatic rings. The Hall–Kier alpha value is -3.58. The highest BCUT2D eigenvalue weighted by Crippen LogP contribution is 2.35. The number of carbonyl (C=O) groups excluding carboxylic acids is 1. The zero-order valence-corrected chi connectivity index (χ0v) is 18.8. The van der Waals surface area contributed by atoms with Gasteiger partial charge in [-0.25, -0.2) is 4.98 Å². The van der Waals surface area contributed by atoms with Crippen LogP contribution in [0, 0.1) is 0 Å². The minimum Gasteiger partial charge on any atom is -0.497 e. The van der Waals surface area contributed by atoms with Crippen LogP contribution >= 0.6 is 11.3 Å². The molecule has 0 unspecified atom stereocenters. The third kappa shape index (κ3) is 5.00. The molecule has 1 amide bonds. The van der Waals surface area contributed by atoms with Gasteiger partial charge in [0.2, 0.25) is 0 Å². The lowest BCUT2D eigenvalue weighted by atomic mass is 10.2. The van der Waals surface area contributed by atoms with E-state index in [2.05, 4.69) is 0 Å². The summed E-state index contributed by atoms with van der Waals surface area (Å²) in [7, 11) is 1.61. The standard InChI is InChI=1S/C25H24N2O4S/c1-3-30-21-10-7-11-22-24(21)26-25(32-22)27(16-18-8-5-4-6-9-18)23(28)17-31-20-14-12-19(29-2)13-15-20/h4-15H,3,16-17H2,1-2H3. The third-order valence-electron chi connectivity index (χ3n) is 4.81. The van der Waals surface area contributed by atoms with Crippen LogP contribution in [0.5, 0.6) is 17.2 Å². The topological polar surface area (TPSA) is 60.9 Å². The summed E-state index contributed by atoms with van der Waals surface area (Å²) >= 11 is 1.46. The zero-order valence-electron chi connectivity index (χ0n) is 18.0. The molecule has 32 heavy (non-hydrogen) atoms. The average molecular weight is 449 g/mol. The minimum absolute atomic E-state index is 0.104. The molecule has 4 aromatic rings. The number of aromatic nitrogens is 1. The van der Waals surface area contributed by atoms with E-state index in [0.29, 0.717) is 29.8 Å². The Balaban J connectivity index is 1.60. The number of carbonyl (C=O) groups is 1. The van der Waals surface area contributed by atoms with Gasteiger partial charge in [0.25, 0.3) is 5.91 Å². The molecule has 6 nitrogen and oxygen atoms in total. The summed E-state index contributed by atoms with van der Waals surface area (Å²) in [6.45, 7) is 2.78. The van der Waals surface area contributed by atoms with Crippen molar-refractivity contribution in [3.05, 3.63) is 78.4 Å². The molecule has 0 saturated heterocycles. The molecular weight excluding hydrogens is 424 g/mol. The predicted octanol–water partition coefficient (Wildman–Crippen LogP) is 5.32. The summed E-state index contributed by atoms with van der Waals surface area (Å²) in [6.07, 6.45) is 0. The molecule has 0 bridgehead atoms. The van der Waals surface area contributed by atoms with Gasteiger partial charge in [-0.05, 0) is 48.9 Å². The SMILES string of the molecule is CCOc1cccc2sc(N(Cc3ccccc3)C(=O)COc3ccc(OC)cc3)nc12. The monoisotopic (exact) mass is 448 g/mol. The van der Waals surface area contributed by atoms with Crippen LogP contribution < -0.4 is 19.1 Å². The van der Waals surface area contributed by atoms with Crippen molar-refractivity contribution in [3.63, 3.8) is 0 Å². The lowest BCUT2D eigenvalue weighted by Crippen LogP contribution is -2.34. The lowest BCUT2D eigenvalue weighted by Gasteiger charge is -2.20. The molecule has 0 saturated carbocycles. The van der Waals surface area contributed by atoms with E-state index in [9.17, 15) is 4.79 Å². The molecule has 164 valence electrons. The third-order valence-corrected chi connectivity index (χ3v) is 5.85. The van der Waals surface area contributed by atoms with E-state index in [1.54, 1.807) is 36.3 Å². The van der Waals surface area contributed by atoms with Crippen molar-refractivity contribution in [2.75, 3.05) is 25.2 Å². The highest BCUT2D eigenvalue weighted by molar-refractivity contribution is 7.22. The molecular formula is C25H24N2O4S. The normalized spacial score (nSPS) is 10.7. The molecule has 0 spiro atoms. The molecule has 0 aliphatic heterocycles. The fourth-order valence-corrected chi connectivity index (χ4v) is 4.22. The molecule has 0 aliphatic carbocycles. The predicted molar refractivity (Wildman–Crippen MR) is 127 cm³/mol. The number of methoxy groups -OCH3 is 1. The largest absolute Gasteiger partial charge is 0.497 e. The van der Waals surface area contributed by atoms with Gasteiger partial charge >= 0.3 is 0 Å². The summed E-state index contributed by atoms with van der Waals surface area (Å²) in [6, 6.07) is 22.8. The first-order valence-electron chi connectivity index (χ1n) is 10.3. The molecule has 4 rings (SSSR count). The number of para-hydroxylation sites is 1. The molecule has 1 heterocycles. The van der Waals surface area contributed by atoms with Gasteiger partial charge in [0.15, 0.2) is 11.7 Å². The highest BCUT2D eigenvalue weighted by Gasteiger charge is 2.22. The van der Waals surface area contributed by atoms with Crippen molar-refractivity contribution >= 4 is 32.6 Å². The number of thiazole rings is 1. The summed E-state index contributed by atoms with van der Waals surface area (Å²) in [5.41, 5.74) is 1.77. The van der Waals surface area contributed by atoms with Gasteiger partial charge < -0.3 is 14.2 Å². The molecule has 3 aromatic carbocycles. The van der Waals surface area contributed by atoms with Gasteiger partial charge in [0.05, 0.1) is 25.0 Å². The highest BCUT2D eigenvalue weighted by atomic mass is 32.1. The van der Waals surface area contributed by atoms with Gasteiger partial charge in [-0.3, -0.25) is 9.69 Å². The zero-order chi connectivity index (χ0) is 22.3. The van der Waals surface area contributed by atoms with Gasteiger partial charge in [-0.2, -0.15) is 0 Å². The maximum Gasteiger partial charge on any atom is 0.267 e. The minimum atomic E-state index is -0.179. The molecule has 0 atom stereocenters. The van der Waals surface area contributed by atoms with Crippen LogP contribution in [0.15, 0.2) is 72.8 Å². The van der Waals surface area contributed by atoms with Crippen molar-refractivity contribution in [1.29, 1.82) is 0 Å². The van der Waals surface area contributed by atoms with Crippen LogP contribution in [0.3, 0.4) is 0 Å². The second-order valence-corrected chi connectivity index (χ2v) is 7.97. The number of fused-ring (bicyclic) bond motifs is 1. The quantitative estimate of drug-likeness (QED) is 0.347. The number of hydrogen-bond donors (Lipinski definition) is 0. The van der Waals surface area contributed by atoms with E-state index in [4.69, 9.17) is 19.2 Å². The van der Waals surface area contributed by atoms with Crippen molar-refractivity contribution < 1.29 is 19.0 Å². The molecule has 0 fully saturated rings. The molecule has 1 aromatic heterocycles. The summed E-state index contributed by atoms with van der Waals surface area (Å²) in [5.74, 6) is 1.87. The van der Waals surface area contributed by atoms with Crippen LogP contribution in [-0.2, 0) is 11.3 Å². The van der Waals surface area contributed by atoms with Crippen LogP contribution in [0.4, 0.5) is 5.13 Å². The second kappa shape index (κ2) is 10.2. The lowest BCUT2D eigenvalue weighted by molar-refractivity contribution is -0.120. The Labute approximate surface area is 191 Å². The Morgan fingerprint density at radius 2 is 1.69 bits per heavy atom. The number of rotatable bonds is 9. The smallest absolute Gasteiger partial charge is 0.267 e. The summed E-state index contributed by atoms with van der Waals surface area (Å²) in [5, 5.41) is 0.610. The van der Waals surface area contributed by atoms with Crippen LogP contribution in [0.1, 0.15) is 12.5 Å². The second-order valence-electron chi connectivity index (χ2n) is 6.96. The van der Waals surface area contributed by atoms with Gasteiger partial charge in [0, 0.05) is 0 Å². The fourth-order valence-electron chi connectivity index (χ4n) is 3.22. The number of nitrogens with zero attached hydrogens (tertiary/aromatic N) is 2. The van der Waals surface area contributed by atoms with E-state index >= 15 is 0 Å². The first kappa shape index (κ1) is 21.6. The Bertz CT molecular complexity index is 1180.